The van der Waals surface area contributed by atoms with Crippen molar-refractivity contribution in [3.05, 3.63) is 77.1 Å². The number of Topliss-reactive ketones (excluding diaryl/α,β-unsaturated/α-hetero) is 1. The summed E-state index contributed by atoms with van der Waals surface area (Å²) in [6.45, 7) is 1.52. The maximum absolute atomic E-state index is 13.0. The monoisotopic (exact) mass is 407 g/mol. The van der Waals surface area contributed by atoms with Gasteiger partial charge in [0.1, 0.15) is 11.3 Å². The van der Waals surface area contributed by atoms with E-state index in [2.05, 4.69) is 4.74 Å². The van der Waals surface area contributed by atoms with E-state index in [-0.39, 0.29) is 12.2 Å². The summed E-state index contributed by atoms with van der Waals surface area (Å²) in [6, 6.07) is 16.2. The summed E-state index contributed by atoms with van der Waals surface area (Å²) in [6.07, 6.45) is 1.69. The lowest BCUT2D eigenvalue weighted by atomic mass is 10.1. The van der Waals surface area contributed by atoms with Gasteiger partial charge in [0.25, 0.3) is 0 Å². The molecule has 0 aromatic heterocycles. The summed E-state index contributed by atoms with van der Waals surface area (Å²) in [5.74, 6) is -1.07. The summed E-state index contributed by atoms with van der Waals surface area (Å²) in [5.41, 5.74) is 2.32. The molecular weight excluding hydrogens is 386 g/mol. The van der Waals surface area contributed by atoms with Crippen LogP contribution in [0.1, 0.15) is 12.5 Å². The number of carbonyl (C=O) groups is 3. The molecule has 0 aliphatic carbocycles. The number of rotatable bonds is 6. The van der Waals surface area contributed by atoms with Crippen molar-refractivity contribution in [3.63, 3.8) is 0 Å². The summed E-state index contributed by atoms with van der Waals surface area (Å²) in [4.78, 5) is 38.2. The largest absolute Gasteiger partial charge is 0.482 e. The number of esters is 2. The predicted molar refractivity (Wildman–Crippen MR) is 111 cm³/mol. The van der Waals surface area contributed by atoms with Crippen LogP contribution in [0.2, 0.25) is 0 Å². The number of anilines is 1. The second-order valence-electron chi connectivity index (χ2n) is 6.42. The molecule has 2 aromatic rings. The van der Waals surface area contributed by atoms with Gasteiger partial charge in [-0.25, -0.2) is 9.59 Å². The molecule has 0 fully saturated rings. The number of carbonyl (C=O) groups excluding carboxylic acids is 3. The van der Waals surface area contributed by atoms with Crippen LogP contribution >= 0.6 is 0 Å². The molecule has 0 radical (unpaired) electrons. The third-order valence-electron chi connectivity index (χ3n) is 4.57. The van der Waals surface area contributed by atoms with E-state index in [0.717, 1.165) is 11.3 Å². The highest BCUT2D eigenvalue weighted by Crippen LogP contribution is 2.35. The van der Waals surface area contributed by atoms with Crippen LogP contribution in [0, 0.1) is 0 Å². The molecular formula is C23H21NO6. The first kappa shape index (κ1) is 20.9. The summed E-state index contributed by atoms with van der Waals surface area (Å²) in [7, 11) is 2.54. The number of para-hydroxylation sites is 1. The van der Waals surface area contributed by atoms with Crippen LogP contribution in [0.5, 0.6) is 5.75 Å². The highest BCUT2D eigenvalue weighted by atomic mass is 16.6. The van der Waals surface area contributed by atoms with Crippen molar-refractivity contribution < 1.29 is 28.6 Å². The average molecular weight is 407 g/mol. The molecule has 7 nitrogen and oxygen atoms in total. The Morgan fingerprint density at radius 3 is 2.23 bits per heavy atom. The fraction of sp³-hybridized carbons (Fsp3) is 0.174. The van der Waals surface area contributed by atoms with Gasteiger partial charge in [0.15, 0.2) is 6.61 Å². The van der Waals surface area contributed by atoms with E-state index in [1.54, 1.807) is 42.2 Å². The van der Waals surface area contributed by atoms with Gasteiger partial charge in [-0.2, -0.15) is 0 Å². The number of hydrogen-bond acceptors (Lipinski definition) is 7. The zero-order valence-corrected chi connectivity index (χ0v) is 16.9. The second-order valence-corrected chi connectivity index (χ2v) is 6.42. The molecule has 0 amide bonds. The summed E-state index contributed by atoms with van der Waals surface area (Å²) >= 11 is 0. The lowest BCUT2D eigenvalue weighted by molar-refractivity contribution is -0.143. The minimum atomic E-state index is -0.673. The van der Waals surface area contributed by atoms with Crippen molar-refractivity contribution in [2.24, 2.45) is 0 Å². The van der Waals surface area contributed by atoms with E-state index in [4.69, 9.17) is 9.47 Å². The third-order valence-corrected chi connectivity index (χ3v) is 4.57. The molecule has 1 aliphatic rings. The van der Waals surface area contributed by atoms with Gasteiger partial charge in [-0.3, -0.25) is 4.79 Å². The Kier molecular flexibility index (Phi) is 6.32. The van der Waals surface area contributed by atoms with Gasteiger partial charge in [-0.1, -0.05) is 30.3 Å². The lowest BCUT2D eigenvalue weighted by Gasteiger charge is -2.21. The maximum Gasteiger partial charge on any atom is 0.343 e. The van der Waals surface area contributed by atoms with Gasteiger partial charge in [-0.05, 0) is 42.8 Å². The highest BCUT2D eigenvalue weighted by Gasteiger charge is 2.38. The maximum atomic E-state index is 13.0. The Balaban J connectivity index is 1.94. The van der Waals surface area contributed by atoms with E-state index < -0.39 is 17.7 Å². The Hall–Kier alpha value is -3.87. The second kappa shape index (κ2) is 9.09. The molecule has 0 spiro atoms. The molecule has 3 rings (SSSR count). The number of allylic oxidation sites excluding steroid dienone is 2. The van der Waals surface area contributed by atoms with Crippen LogP contribution in [0.3, 0.4) is 0 Å². The van der Waals surface area contributed by atoms with E-state index in [0.29, 0.717) is 17.1 Å². The van der Waals surface area contributed by atoms with Crippen LogP contribution in [0.4, 0.5) is 5.69 Å². The minimum absolute atomic E-state index is 0.00522. The quantitative estimate of drug-likeness (QED) is 0.413. The Morgan fingerprint density at radius 1 is 0.967 bits per heavy atom. The fourth-order valence-electron chi connectivity index (χ4n) is 3.09. The normalized spacial score (nSPS) is 14.8. The molecule has 0 N–H and O–H groups in total. The molecule has 0 unspecified atom stereocenters. The van der Waals surface area contributed by atoms with Crippen molar-refractivity contribution >= 4 is 29.5 Å². The van der Waals surface area contributed by atoms with Gasteiger partial charge in [0, 0.05) is 11.4 Å². The number of nitrogens with zero attached hydrogens (tertiary/aromatic N) is 1. The Labute approximate surface area is 174 Å². The number of benzene rings is 2. The van der Waals surface area contributed by atoms with Gasteiger partial charge in [-0.15, -0.1) is 0 Å². The van der Waals surface area contributed by atoms with Gasteiger partial charge in [0.2, 0.25) is 5.78 Å². The molecule has 0 saturated heterocycles. The van der Waals surface area contributed by atoms with Crippen LogP contribution < -0.4 is 9.64 Å². The van der Waals surface area contributed by atoms with Crippen LogP contribution in [0.15, 0.2) is 71.6 Å². The topological polar surface area (TPSA) is 82.1 Å². The molecule has 30 heavy (non-hydrogen) atoms. The molecule has 1 heterocycles. The van der Waals surface area contributed by atoms with Gasteiger partial charge in [0.05, 0.1) is 19.9 Å². The van der Waals surface area contributed by atoms with Crippen molar-refractivity contribution in [1.29, 1.82) is 0 Å². The number of ether oxygens (including phenoxy) is 3. The zero-order chi connectivity index (χ0) is 21.7. The summed E-state index contributed by atoms with van der Waals surface area (Å²) in [5, 5.41) is 0. The van der Waals surface area contributed by atoms with Crippen molar-refractivity contribution in [2.75, 3.05) is 25.7 Å². The van der Waals surface area contributed by atoms with E-state index >= 15 is 0 Å². The minimum Gasteiger partial charge on any atom is -0.482 e. The molecule has 2 aromatic carbocycles. The number of ketones is 1. The van der Waals surface area contributed by atoms with E-state index in [1.165, 1.54) is 14.2 Å². The Morgan fingerprint density at radius 2 is 1.63 bits per heavy atom. The van der Waals surface area contributed by atoms with Crippen molar-refractivity contribution in [2.45, 2.75) is 6.92 Å². The lowest BCUT2D eigenvalue weighted by Crippen LogP contribution is -2.18. The molecule has 0 bridgehead atoms. The SMILES string of the molecule is COC(=O)COc1ccc(/C=C2\C(=O)C(C(=O)OC)=C(C)N2c2ccccc2)cc1. The standard InChI is InChI=1S/C23H21NO6/c1-15-21(23(27)29-3)22(26)19(24(15)17-7-5-4-6-8-17)13-16-9-11-18(12-10-16)30-14-20(25)28-2/h4-13H,14H2,1-3H3/b19-13+. The first-order valence-electron chi connectivity index (χ1n) is 9.16. The van der Waals surface area contributed by atoms with Crippen molar-refractivity contribution in [1.82, 2.24) is 0 Å². The molecule has 1 aliphatic heterocycles. The van der Waals surface area contributed by atoms with Gasteiger partial charge >= 0.3 is 11.9 Å². The number of methoxy groups -OCH3 is 2. The van der Waals surface area contributed by atoms with Crippen molar-refractivity contribution in [3.8, 4) is 5.75 Å². The fourth-order valence-corrected chi connectivity index (χ4v) is 3.09. The Bertz CT molecular complexity index is 1020. The van der Waals surface area contributed by atoms with Crippen LogP contribution in [0.25, 0.3) is 6.08 Å². The average Bonchev–Trinajstić information content (AvgIpc) is 3.02. The van der Waals surface area contributed by atoms with E-state index in [9.17, 15) is 14.4 Å². The molecule has 0 atom stereocenters. The van der Waals surface area contributed by atoms with Crippen LogP contribution in [-0.2, 0) is 23.9 Å². The highest BCUT2D eigenvalue weighted by molar-refractivity contribution is 6.30. The predicted octanol–water partition coefficient (Wildman–Crippen LogP) is 3.12. The molecule has 0 saturated carbocycles. The van der Waals surface area contributed by atoms with E-state index in [1.807, 2.05) is 30.3 Å². The van der Waals surface area contributed by atoms with Crippen LogP contribution in [-0.4, -0.2) is 38.5 Å². The zero-order valence-electron chi connectivity index (χ0n) is 16.9. The third kappa shape index (κ3) is 4.25. The smallest absolute Gasteiger partial charge is 0.343 e. The number of hydrogen-bond donors (Lipinski definition) is 0. The first-order chi connectivity index (χ1) is 14.5. The molecule has 154 valence electrons. The van der Waals surface area contributed by atoms with Gasteiger partial charge < -0.3 is 19.1 Å². The summed E-state index contributed by atoms with van der Waals surface area (Å²) < 4.78 is 14.7. The first-order valence-corrected chi connectivity index (χ1v) is 9.16. The molecule has 7 heteroatoms.